The van der Waals surface area contributed by atoms with Crippen LogP contribution in [0.3, 0.4) is 0 Å². The van der Waals surface area contributed by atoms with E-state index in [9.17, 15) is 4.79 Å². The van der Waals surface area contributed by atoms with E-state index in [-0.39, 0.29) is 5.91 Å². The van der Waals surface area contributed by atoms with E-state index in [1.807, 2.05) is 25.1 Å². The number of nitrogens with two attached hydrogens (primary N) is 1. The smallest absolute Gasteiger partial charge is 0.228 e. The molecule has 1 amide bonds. The summed E-state index contributed by atoms with van der Waals surface area (Å²) in [4.78, 5) is 11.3. The van der Waals surface area contributed by atoms with Crippen LogP contribution in [0.25, 0.3) is 11.3 Å². The Labute approximate surface area is 104 Å². The minimum absolute atomic E-state index is 0.0231. The van der Waals surface area contributed by atoms with Gasteiger partial charge in [0.1, 0.15) is 0 Å². The van der Waals surface area contributed by atoms with Crippen molar-refractivity contribution in [3.05, 3.63) is 35.0 Å². The van der Waals surface area contributed by atoms with Gasteiger partial charge >= 0.3 is 0 Å². The van der Waals surface area contributed by atoms with Gasteiger partial charge in [-0.2, -0.15) is 0 Å². The molecule has 5 heteroatoms. The molecule has 0 unspecified atom stereocenters. The SMILES string of the molecule is Cc1noc(-c2ccc3c(c2)CC(=O)N3)c1CN. The lowest BCUT2D eigenvalue weighted by atomic mass is 10.0. The molecule has 0 saturated carbocycles. The van der Waals surface area contributed by atoms with Crippen LogP contribution in [0.5, 0.6) is 0 Å². The van der Waals surface area contributed by atoms with Crippen molar-refractivity contribution in [2.24, 2.45) is 5.73 Å². The number of amides is 1. The quantitative estimate of drug-likeness (QED) is 0.839. The van der Waals surface area contributed by atoms with Crippen LogP contribution in [-0.2, 0) is 17.8 Å². The molecule has 0 atom stereocenters. The molecule has 2 aromatic rings. The molecular weight excluding hydrogens is 230 g/mol. The molecule has 0 fully saturated rings. The second-order valence-corrected chi connectivity index (χ2v) is 4.38. The number of aromatic nitrogens is 1. The van der Waals surface area contributed by atoms with E-state index < -0.39 is 0 Å². The number of benzene rings is 1. The number of rotatable bonds is 2. The fraction of sp³-hybridized carbons (Fsp3) is 0.231. The fourth-order valence-electron chi connectivity index (χ4n) is 2.23. The zero-order valence-corrected chi connectivity index (χ0v) is 9.99. The highest BCUT2D eigenvalue weighted by Crippen LogP contribution is 2.31. The predicted octanol–water partition coefficient (Wildman–Crippen LogP) is 1.60. The molecule has 0 aliphatic carbocycles. The summed E-state index contributed by atoms with van der Waals surface area (Å²) in [6.45, 7) is 2.26. The van der Waals surface area contributed by atoms with Crippen molar-refractivity contribution in [2.75, 3.05) is 5.32 Å². The van der Waals surface area contributed by atoms with Crippen LogP contribution in [0.15, 0.2) is 22.7 Å². The third kappa shape index (κ3) is 1.60. The van der Waals surface area contributed by atoms with Crippen molar-refractivity contribution in [1.82, 2.24) is 5.16 Å². The van der Waals surface area contributed by atoms with Gasteiger partial charge in [-0.05, 0) is 30.7 Å². The minimum Gasteiger partial charge on any atom is -0.356 e. The third-order valence-electron chi connectivity index (χ3n) is 3.18. The van der Waals surface area contributed by atoms with Gasteiger partial charge in [-0.1, -0.05) is 5.16 Å². The Morgan fingerprint density at radius 1 is 1.50 bits per heavy atom. The first-order chi connectivity index (χ1) is 8.69. The number of hydrogen-bond donors (Lipinski definition) is 2. The number of carbonyl (C=O) groups excluding carboxylic acids is 1. The fourth-order valence-corrected chi connectivity index (χ4v) is 2.23. The number of carbonyl (C=O) groups is 1. The molecule has 0 radical (unpaired) electrons. The summed E-state index contributed by atoms with van der Waals surface area (Å²) in [6.07, 6.45) is 0.411. The van der Waals surface area contributed by atoms with E-state index in [0.29, 0.717) is 18.7 Å². The van der Waals surface area contributed by atoms with Crippen LogP contribution in [0.4, 0.5) is 5.69 Å². The first-order valence-electron chi connectivity index (χ1n) is 5.77. The van der Waals surface area contributed by atoms with E-state index in [0.717, 1.165) is 28.1 Å². The molecule has 1 aromatic carbocycles. The summed E-state index contributed by atoms with van der Waals surface area (Å²) in [6, 6.07) is 5.74. The first-order valence-corrected chi connectivity index (χ1v) is 5.77. The van der Waals surface area contributed by atoms with Crippen molar-refractivity contribution < 1.29 is 9.32 Å². The standard InChI is InChI=1S/C13H13N3O2/c1-7-10(6-14)13(18-16-7)8-2-3-11-9(4-8)5-12(17)15-11/h2-4H,5-6,14H2,1H3,(H,15,17). The Morgan fingerprint density at radius 3 is 3.11 bits per heavy atom. The summed E-state index contributed by atoms with van der Waals surface area (Å²) in [5.74, 6) is 0.715. The van der Waals surface area contributed by atoms with Crippen molar-refractivity contribution in [1.29, 1.82) is 0 Å². The summed E-state index contributed by atoms with van der Waals surface area (Å²) >= 11 is 0. The number of nitrogens with zero attached hydrogens (tertiary/aromatic N) is 1. The van der Waals surface area contributed by atoms with E-state index >= 15 is 0 Å². The van der Waals surface area contributed by atoms with E-state index in [4.69, 9.17) is 10.3 Å². The van der Waals surface area contributed by atoms with Crippen LogP contribution < -0.4 is 11.1 Å². The molecule has 3 N–H and O–H groups in total. The largest absolute Gasteiger partial charge is 0.356 e. The minimum atomic E-state index is 0.0231. The molecule has 0 bridgehead atoms. The normalized spacial score (nSPS) is 13.6. The Morgan fingerprint density at radius 2 is 2.33 bits per heavy atom. The van der Waals surface area contributed by atoms with Crippen molar-refractivity contribution in [3.63, 3.8) is 0 Å². The highest BCUT2D eigenvalue weighted by Gasteiger charge is 2.20. The molecule has 0 saturated heterocycles. The second-order valence-electron chi connectivity index (χ2n) is 4.38. The highest BCUT2D eigenvalue weighted by molar-refractivity contribution is 5.99. The summed E-state index contributed by atoms with van der Waals surface area (Å²) in [5.41, 5.74) is 10.2. The second kappa shape index (κ2) is 3.96. The summed E-state index contributed by atoms with van der Waals surface area (Å²) in [5, 5.41) is 6.73. The Balaban J connectivity index is 2.08. The van der Waals surface area contributed by atoms with Gasteiger partial charge in [0, 0.05) is 23.4 Å². The predicted molar refractivity (Wildman–Crippen MR) is 66.9 cm³/mol. The molecule has 1 aromatic heterocycles. The van der Waals surface area contributed by atoms with Gasteiger partial charge in [-0.15, -0.1) is 0 Å². The van der Waals surface area contributed by atoms with Crippen LogP contribution in [-0.4, -0.2) is 11.1 Å². The molecule has 0 spiro atoms. The van der Waals surface area contributed by atoms with Crippen LogP contribution in [0.2, 0.25) is 0 Å². The van der Waals surface area contributed by atoms with Gasteiger partial charge in [0.05, 0.1) is 12.1 Å². The molecular formula is C13H13N3O2. The molecule has 1 aliphatic rings. The average molecular weight is 243 g/mol. The van der Waals surface area contributed by atoms with Crippen molar-refractivity contribution >= 4 is 11.6 Å². The lowest BCUT2D eigenvalue weighted by Gasteiger charge is -2.03. The third-order valence-corrected chi connectivity index (χ3v) is 3.18. The lowest BCUT2D eigenvalue weighted by molar-refractivity contribution is -0.115. The number of nitrogens with one attached hydrogen (secondary N) is 1. The molecule has 1 aliphatic heterocycles. The topological polar surface area (TPSA) is 81.2 Å². The molecule has 18 heavy (non-hydrogen) atoms. The van der Waals surface area contributed by atoms with E-state index in [2.05, 4.69) is 10.5 Å². The maximum Gasteiger partial charge on any atom is 0.228 e. The van der Waals surface area contributed by atoms with E-state index in [1.165, 1.54) is 0 Å². The summed E-state index contributed by atoms with van der Waals surface area (Å²) in [7, 11) is 0. The molecule has 2 heterocycles. The number of hydrogen-bond acceptors (Lipinski definition) is 4. The average Bonchev–Trinajstić information content (AvgIpc) is 2.89. The number of aryl methyl sites for hydroxylation is 1. The Bertz CT molecular complexity index is 631. The molecule has 92 valence electrons. The van der Waals surface area contributed by atoms with Gasteiger partial charge in [0.25, 0.3) is 0 Å². The number of fused-ring (bicyclic) bond motifs is 1. The van der Waals surface area contributed by atoms with Crippen molar-refractivity contribution in [3.8, 4) is 11.3 Å². The zero-order valence-electron chi connectivity index (χ0n) is 9.99. The maximum absolute atomic E-state index is 11.3. The highest BCUT2D eigenvalue weighted by atomic mass is 16.5. The maximum atomic E-state index is 11.3. The van der Waals surface area contributed by atoms with Gasteiger partial charge < -0.3 is 15.6 Å². The van der Waals surface area contributed by atoms with Crippen molar-refractivity contribution in [2.45, 2.75) is 19.9 Å². The molecule has 5 nitrogen and oxygen atoms in total. The van der Waals surface area contributed by atoms with Gasteiger partial charge in [0.15, 0.2) is 5.76 Å². The lowest BCUT2D eigenvalue weighted by Crippen LogP contribution is -2.03. The van der Waals surface area contributed by atoms with Crippen LogP contribution >= 0.6 is 0 Å². The summed E-state index contributed by atoms with van der Waals surface area (Å²) < 4.78 is 5.32. The van der Waals surface area contributed by atoms with Gasteiger partial charge in [-0.3, -0.25) is 4.79 Å². The van der Waals surface area contributed by atoms with Crippen LogP contribution in [0.1, 0.15) is 16.8 Å². The monoisotopic (exact) mass is 243 g/mol. The van der Waals surface area contributed by atoms with Gasteiger partial charge in [-0.25, -0.2) is 0 Å². The molecule has 3 rings (SSSR count). The van der Waals surface area contributed by atoms with E-state index in [1.54, 1.807) is 0 Å². The number of anilines is 1. The first kappa shape index (κ1) is 11.0. The Kier molecular flexibility index (Phi) is 2.41. The van der Waals surface area contributed by atoms with Crippen LogP contribution in [0, 0.1) is 6.92 Å². The zero-order chi connectivity index (χ0) is 12.7. The van der Waals surface area contributed by atoms with Gasteiger partial charge in [0.2, 0.25) is 5.91 Å². The Hall–Kier alpha value is -2.14.